The van der Waals surface area contributed by atoms with Crippen LogP contribution >= 0.6 is 0 Å². The fraction of sp³-hybridized carbons (Fsp3) is 1.00. The molecular formula is C14H27N. The van der Waals surface area contributed by atoms with Crippen LogP contribution in [0.3, 0.4) is 0 Å². The lowest BCUT2D eigenvalue weighted by atomic mass is 9.93. The largest absolute Gasteiger partial charge is 0.311 e. The van der Waals surface area contributed by atoms with E-state index in [0.29, 0.717) is 0 Å². The van der Waals surface area contributed by atoms with E-state index >= 15 is 0 Å². The Kier molecular flexibility index (Phi) is 3.71. The summed E-state index contributed by atoms with van der Waals surface area (Å²) in [5.41, 5.74) is 0. The van der Waals surface area contributed by atoms with Gasteiger partial charge in [0.1, 0.15) is 0 Å². The lowest BCUT2D eigenvalue weighted by molar-refractivity contribution is 0.300. The van der Waals surface area contributed by atoms with Gasteiger partial charge in [-0.15, -0.1) is 0 Å². The monoisotopic (exact) mass is 209 g/mol. The SMILES string of the molecule is CCC(C)CC(C)NC1CC2CCC1C2. The molecular weight excluding hydrogens is 182 g/mol. The van der Waals surface area contributed by atoms with Crippen molar-refractivity contribution in [1.29, 1.82) is 0 Å². The van der Waals surface area contributed by atoms with Gasteiger partial charge in [-0.2, -0.15) is 0 Å². The van der Waals surface area contributed by atoms with Crippen LogP contribution in [0.25, 0.3) is 0 Å². The van der Waals surface area contributed by atoms with Crippen molar-refractivity contribution in [2.24, 2.45) is 17.8 Å². The van der Waals surface area contributed by atoms with Crippen molar-refractivity contribution in [3.05, 3.63) is 0 Å². The molecule has 2 saturated carbocycles. The minimum atomic E-state index is 0.726. The highest BCUT2D eigenvalue weighted by Gasteiger charge is 2.39. The van der Waals surface area contributed by atoms with E-state index in [1.54, 1.807) is 0 Å². The first-order chi connectivity index (χ1) is 7.19. The number of hydrogen-bond donors (Lipinski definition) is 1. The van der Waals surface area contributed by atoms with Gasteiger partial charge in [0, 0.05) is 12.1 Å². The molecule has 2 aliphatic rings. The molecule has 1 nitrogen and oxygen atoms in total. The maximum Gasteiger partial charge on any atom is 0.0100 e. The fourth-order valence-electron chi connectivity index (χ4n) is 3.65. The zero-order valence-corrected chi connectivity index (χ0v) is 10.6. The highest BCUT2D eigenvalue weighted by Crippen LogP contribution is 2.44. The normalized spacial score (nSPS) is 38.2. The second-order valence-electron chi connectivity index (χ2n) is 6.10. The van der Waals surface area contributed by atoms with Crippen LogP contribution in [0, 0.1) is 17.8 Å². The third-order valence-electron chi connectivity index (χ3n) is 4.69. The van der Waals surface area contributed by atoms with E-state index < -0.39 is 0 Å². The van der Waals surface area contributed by atoms with Gasteiger partial charge in [-0.25, -0.2) is 0 Å². The van der Waals surface area contributed by atoms with E-state index in [0.717, 1.165) is 29.8 Å². The van der Waals surface area contributed by atoms with Gasteiger partial charge in [-0.3, -0.25) is 0 Å². The predicted molar refractivity (Wildman–Crippen MR) is 65.9 cm³/mol. The first-order valence-electron chi connectivity index (χ1n) is 6.95. The molecule has 2 rings (SSSR count). The van der Waals surface area contributed by atoms with E-state index in [4.69, 9.17) is 0 Å². The summed E-state index contributed by atoms with van der Waals surface area (Å²) in [6.07, 6.45) is 8.68. The molecule has 0 amide bonds. The zero-order chi connectivity index (χ0) is 10.8. The van der Waals surface area contributed by atoms with E-state index in [2.05, 4.69) is 26.1 Å². The molecule has 0 aromatic carbocycles. The summed E-state index contributed by atoms with van der Waals surface area (Å²) >= 11 is 0. The topological polar surface area (TPSA) is 12.0 Å². The molecule has 0 spiro atoms. The van der Waals surface area contributed by atoms with Crippen LogP contribution < -0.4 is 5.32 Å². The first kappa shape index (κ1) is 11.4. The number of rotatable bonds is 5. The summed E-state index contributed by atoms with van der Waals surface area (Å²) < 4.78 is 0. The minimum absolute atomic E-state index is 0.726. The Morgan fingerprint density at radius 2 is 2.00 bits per heavy atom. The molecule has 5 unspecified atom stereocenters. The Balaban J connectivity index is 1.72. The summed E-state index contributed by atoms with van der Waals surface area (Å²) in [5, 5.41) is 3.88. The van der Waals surface area contributed by atoms with Crippen LogP contribution in [0.2, 0.25) is 0 Å². The molecule has 15 heavy (non-hydrogen) atoms. The smallest absolute Gasteiger partial charge is 0.0100 e. The Labute approximate surface area is 95.0 Å². The van der Waals surface area contributed by atoms with E-state index in [1.807, 2.05) is 0 Å². The summed E-state index contributed by atoms with van der Waals surface area (Å²) in [5.74, 6) is 2.98. The summed E-state index contributed by atoms with van der Waals surface area (Å²) in [6, 6.07) is 1.59. The Morgan fingerprint density at radius 1 is 1.20 bits per heavy atom. The highest BCUT2D eigenvalue weighted by molar-refractivity contribution is 4.94. The Morgan fingerprint density at radius 3 is 2.53 bits per heavy atom. The average molecular weight is 209 g/mol. The molecule has 0 saturated heterocycles. The van der Waals surface area contributed by atoms with Crippen LogP contribution in [0.1, 0.15) is 59.3 Å². The van der Waals surface area contributed by atoms with Crippen LogP contribution in [0.15, 0.2) is 0 Å². The quantitative estimate of drug-likeness (QED) is 0.729. The molecule has 0 heterocycles. The highest BCUT2D eigenvalue weighted by atomic mass is 15.0. The van der Waals surface area contributed by atoms with Gasteiger partial charge in [-0.05, 0) is 50.4 Å². The molecule has 2 aliphatic carbocycles. The van der Waals surface area contributed by atoms with Crippen molar-refractivity contribution in [1.82, 2.24) is 5.32 Å². The predicted octanol–water partition coefficient (Wildman–Crippen LogP) is 3.59. The Hall–Kier alpha value is -0.0400. The number of nitrogens with one attached hydrogen (secondary N) is 1. The molecule has 0 aromatic rings. The third-order valence-corrected chi connectivity index (χ3v) is 4.69. The van der Waals surface area contributed by atoms with Crippen molar-refractivity contribution >= 4 is 0 Å². The fourth-order valence-corrected chi connectivity index (χ4v) is 3.65. The second kappa shape index (κ2) is 4.86. The van der Waals surface area contributed by atoms with Crippen molar-refractivity contribution in [3.8, 4) is 0 Å². The number of fused-ring (bicyclic) bond motifs is 2. The van der Waals surface area contributed by atoms with Crippen molar-refractivity contribution in [2.75, 3.05) is 0 Å². The van der Waals surface area contributed by atoms with Gasteiger partial charge in [0.15, 0.2) is 0 Å². The van der Waals surface area contributed by atoms with E-state index in [9.17, 15) is 0 Å². The van der Waals surface area contributed by atoms with Crippen molar-refractivity contribution in [2.45, 2.75) is 71.4 Å². The van der Waals surface area contributed by atoms with Crippen LogP contribution in [0.5, 0.6) is 0 Å². The summed E-state index contributed by atoms with van der Waals surface area (Å²) in [7, 11) is 0. The zero-order valence-electron chi connectivity index (χ0n) is 10.6. The van der Waals surface area contributed by atoms with Crippen molar-refractivity contribution in [3.63, 3.8) is 0 Å². The van der Waals surface area contributed by atoms with Gasteiger partial charge < -0.3 is 5.32 Å². The molecule has 5 atom stereocenters. The minimum Gasteiger partial charge on any atom is -0.311 e. The molecule has 0 aliphatic heterocycles. The van der Waals surface area contributed by atoms with Crippen LogP contribution in [-0.4, -0.2) is 12.1 Å². The third kappa shape index (κ3) is 2.75. The molecule has 1 heteroatoms. The maximum atomic E-state index is 3.88. The number of hydrogen-bond acceptors (Lipinski definition) is 1. The molecule has 2 fully saturated rings. The van der Waals surface area contributed by atoms with Crippen LogP contribution in [-0.2, 0) is 0 Å². The molecule has 88 valence electrons. The van der Waals surface area contributed by atoms with Gasteiger partial charge in [-0.1, -0.05) is 26.7 Å². The first-order valence-corrected chi connectivity index (χ1v) is 6.95. The summed E-state index contributed by atoms with van der Waals surface area (Å²) in [6.45, 7) is 7.05. The van der Waals surface area contributed by atoms with Gasteiger partial charge in [0.05, 0.1) is 0 Å². The van der Waals surface area contributed by atoms with Crippen molar-refractivity contribution < 1.29 is 0 Å². The van der Waals surface area contributed by atoms with E-state index in [1.165, 1.54) is 38.5 Å². The van der Waals surface area contributed by atoms with Gasteiger partial charge >= 0.3 is 0 Å². The lowest BCUT2D eigenvalue weighted by Crippen LogP contribution is -2.40. The van der Waals surface area contributed by atoms with Gasteiger partial charge in [0.2, 0.25) is 0 Å². The maximum absolute atomic E-state index is 3.88. The molecule has 0 radical (unpaired) electrons. The lowest BCUT2D eigenvalue weighted by Gasteiger charge is -2.28. The van der Waals surface area contributed by atoms with Gasteiger partial charge in [0.25, 0.3) is 0 Å². The Bertz CT molecular complexity index is 202. The molecule has 0 aromatic heterocycles. The summed E-state index contributed by atoms with van der Waals surface area (Å²) in [4.78, 5) is 0. The standard InChI is InChI=1S/C14H27N/c1-4-10(2)7-11(3)15-14-9-12-5-6-13(14)8-12/h10-15H,4-9H2,1-3H3. The average Bonchev–Trinajstić information content (AvgIpc) is 2.78. The second-order valence-corrected chi connectivity index (χ2v) is 6.10. The molecule has 1 N–H and O–H groups in total. The van der Waals surface area contributed by atoms with Crippen LogP contribution in [0.4, 0.5) is 0 Å². The molecule has 2 bridgehead atoms. The van der Waals surface area contributed by atoms with E-state index in [-0.39, 0.29) is 0 Å².